The molecule has 0 aliphatic rings. The van der Waals surface area contributed by atoms with Gasteiger partial charge >= 0.3 is 0 Å². The van der Waals surface area contributed by atoms with Crippen LogP contribution in [-0.4, -0.2) is 19.8 Å². The van der Waals surface area contributed by atoms with Crippen molar-refractivity contribution in [3.8, 4) is 0 Å². The topological polar surface area (TPSA) is 46.2 Å². The van der Waals surface area contributed by atoms with Gasteiger partial charge in [0.25, 0.3) is 0 Å². The molecule has 1 atom stereocenters. The molecule has 0 saturated carbocycles. The third-order valence-electron chi connectivity index (χ3n) is 2.94. The number of sulfonamides is 1. The first-order valence-electron chi connectivity index (χ1n) is 6.10. The molecule has 0 radical (unpaired) electrons. The van der Waals surface area contributed by atoms with E-state index >= 15 is 0 Å². The lowest BCUT2D eigenvalue weighted by atomic mass is 10.1. The lowest BCUT2D eigenvalue weighted by Gasteiger charge is -2.14. The highest BCUT2D eigenvalue weighted by Crippen LogP contribution is 2.22. The van der Waals surface area contributed by atoms with Gasteiger partial charge in [-0.3, -0.25) is 0 Å². The Hall–Kier alpha value is -0.910. The highest BCUT2D eigenvalue weighted by molar-refractivity contribution is 9.09. The summed E-state index contributed by atoms with van der Waals surface area (Å²) < 4.78 is 27.5. The number of hydrogen-bond donors (Lipinski definition) is 1. The Bertz CT molecular complexity index is 665. The van der Waals surface area contributed by atoms with Crippen LogP contribution >= 0.6 is 15.9 Å². The van der Waals surface area contributed by atoms with E-state index in [0.717, 1.165) is 22.5 Å². The van der Waals surface area contributed by atoms with Crippen LogP contribution < -0.4 is 4.72 Å². The van der Waals surface area contributed by atoms with E-state index in [4.69, 9.17) is 0 Å². The first-order valence-corrected chi connectivity index (χ1v) is 8.71. The van der Waals surface area contributed by atoms with Crippen molar-refractivity contribution in [2.24, 2.45) is 0 Å². The predicted octanol–water partition coefficient (Wildman–Crippen LogP) is 3.29. The summed E-state index contributed by atoms with van der Waals surface area (Å²) >= 11 is 3.32. The smallest absolute Gasteiger partial charge is 0.208 e. The summed E-state index contributed by atoms with van der Waals surface area (Å²) in [4.78, 5) is 0.340. The average Bonchev–Trinajstić information content (AvgIpc) is 2.37. The number of benzene rings is 2. The van der Waals surface area contributed by atoms with Gasteiger partial charge in [0.05, 0.1) is 4.90 Å². The number of nitrogens with one attached hydrogen (secondary N) is 1. The Morgan fingerprint density at radius 1 is 1.16 bits per heavy atom. The molecular formula is C14H16BrNO2S. The standard InChI is InChI=1S/C14H16BrNO2S/c1-11(9-10-15)16-19(17,18)14-8-4-6-12-5-2-3-7-13(12)14/h2-8,11,16H,9-10H2,1H3. The summed E-state index contributed by atoms with van der Waals surface area (Å²) in [6, 6.07) is 12.7. The fraction of sp³-hybridized carbons (Fsp3) is 0.286. The maximum atomic E-state index is 12.4. The monoisotopic (exact) mass is 341 g/mol. The average molecular weight is 342 g/mol. The maximum absolute atomic E-state index is 12.4. The lowest BCUT2D eigenvalue weighted by Crippen LogP contribution is -2.32. The molecule has 1 unspecified atom stereocenters. The Morgan fingerprint density at radius 2 is 1.84 bits per heavy atom. The van der Waals surface area contributed by atoms with E-state index < -0.39 is 10.0 Å². The minimum absolute atomic E-state index is 0.0941. The highest BCUT2D eigenvalue weighted by atomic mass is 79.9. The van der Waals surface area contributed by atoms with Crippen LogP contribution in [0, 0.1) is 0 Å². The van der Waals surface area contributed by atoms with E-state index in [9.17, 15) is 8.42 Å². The Kier molecular flexibility index (Phi) is 4.60. The van der Waals surface area contributed by atoms with E-state index in [1.54, 1.807) is 12.1 Å². The zero-order chi connectivity index (χ0) is 13.9. The van der Waals surface area contributed by atoms with Crippen LogP contribution in [-0.2, 0) is 10.0 Å². The third-order valence-corrected chi connectivity index (χ3v) is 5.04. The largest absolute Gasteiger partial charge is 0.241 e. The summed E-state index contributed by atoms with van der Waals surface area (Å²) in [6.07, 6.45) is 0.754. The third kappa shape index (κ3) is 3.35. The SMILES string of the molecule is CC(CCBr)NS(=O)(=O)c1cccc2ccccc12. The Labute approximate surface area is 122 Å². The number of fused-ring (bicyclic) bond motifs is 1. The Morgan fingerprint density at radius 3 is 2.58 bits per heavy atom. The van der Waals surface area contributed by atoms with Crippen molar-refractivity contribution >= 4 is 36.7 Å². The number of hydrogen-bond acceptors (Lipinski definition) is 2. The zero-order valence-corrected chi connectivity index (χ0v) is 13.0. The van der Waals surface area contributed by atoms with Gasteiger partial charge in [-0.25, -0.2) is 13.1 Å². The van der Waals surface area contributed by atoms with Crippen molar-refractivity contribution in [1.82, 2.24) is 4.72 Å². The van der Waals surface area contributed by atoms with Crippen molar-refractivity contribution in [3.63, 3.8) is 0 Å². The van der Waals surface area contributed by atoms with Crippen LogP contribution in [0.3, 0.4) is 0 Å². The van der Waals surface area contributed by atoms with Crippen molar-refractivity contribution < 1.29 is 8.42 Å². The van der Waals surface area contributed by atoms with Crippen LogP contribution in [0.2, 0.25) is 0 Å². The molecule has 19 heavy (non-hydrogen) atoms. The molecule has 0 heterocycles. The van der Waals surface area contributed by atoms with Gasteiger partial charge in [0.15, 0.2) is 0 Å². The van der Waals surface area contributed by atoms with Gasteiger partial charge in [0, 0.05) is 16.8 Å². The van der Waals surface area contributed by atoms with Gasteiger partial charge < -0.3 is 0 Å². The molecule has 102 valence electrons. The maximum Gasteiger partial charge on any atom is 0.241 e. The molecular weight excluding hydrogens is 326 g/mol. The number of alkyl halides is 1. The molecule has 0 fully saturated rings. The molecule has 0 aromatic heterocycles. The molecule has 3 nitrogen and oxygen atoms in total. The molecule has 2 aromatic rings. The van der Waals surface area contributed by atoms with Gasteiger partial charge in [0.1, 0.15) is 0 Å². The molecule has 0 aliphatic heterocycles. The van der Waals surface area contributed by atoms with Gasteiger partial charge in [-0.15, -0.1) is 0 Å². The van der Waals surface area contributed by atoms with Crippen LogP contribution in [0.5, 0.6) is 0 Å². The van der Waals surface area contributed by atoms with Crippen molar-refractivity contribution in [3.05, 3.63) is 42.5 Å². The molecule has 1 N–H and O–H groups in total. The molecule has 2 aromatic carbocycles. The minimum atomic E-state index is -3.48. The van der Waals surface area contributed by atoms with Gasteiger partial charge in [-0.05, 0) is 24.8 Å². The summed E-state index contributed by atoms with van der Waals surface area (Å²) in [7, 11) is -3.48. The molecule has 5 heteroatoms. The molecule has 0 aliphatic carbocycles. The highest BCUT2D eigenvalue weighted by Gasteiger charge is 2.19. The second-order valence-electron chi connectivity index (χ2n) is 4.48. The molecule has 0 saturated heterocycles. The van der Waals surface area contributed by atoms with Gasteiger partial charge in [-0.2, -0.15) is 0 Å². The summed E-state index contributed by atoms with van der Waals surface area (Å²) in [6.45, 7) is 1.87. The second kappa shape index (κ2) is 6.03. The fourth-order valence-electron chi connectivity index (χ4n) is 1.98. The molecule has 0 bridgehead atoms. The first-order chi connectivity index (χ1) is 9.04. The lowest BCUT2D eigenvalue weighted by molar-refractivity contribution is 0.558. The van der Waals surface area contributed by atoms with Crippen LogP contribution in [0.15, 0.2) is 47.4 Å². The summed E-state index contributed by atoms with van der Waals surface area (Å²) in [5, 5.41) is 2.45. The molecule has 0 spiro atoms. The number of rotatable bonds is 5. The van der Waals surface area contributed by atoms with Gasteiger partial charge in [-0.1, -0.05) is 52.3 Å². The van der Waals surface area contributed by atoms with E-state index in [1.807, 2.05) is 37.3 Å². The van der Waals surface area contributed by atoms with E-state index in [1.165, 1.54) is 0 Å². The van der Waals surface area contributed by atoms with Crippen molar-refractivity contribution in [1.29, 1.82) is 0 Å². The summed E-state index contributed by atoms with van der Waals surface area (Å²) in [5.41, 5.74) is 0. The Balaban J connectivity index is 2.43. The second-order valence-corrected chi connectivity index (χ2v) is 6.95. The van der Waals surface area contributed by atoms with Gasteiger partial charge in [0.2, 0.25) is 10.0 Å². The van der Waals surface area contributed by atoms with Crippen molar-refractivity contribution in [2.45, 2.75) is 24.3 Å². The summed E-state index contributed by atoms with van der Waals surface area (Å²) in [5.74, 6) is 0. The van der Waals surface area contributed by atoms with E-state index in [2.05, 4.69) is 20.7 Å². The molecule has 0 amide bonds. The normalized spacial score (nSPS) is 13.6. The van der Waals surface area contributed by atoms with Crippen LogP contribution in [0.1, 0.15) is 13.3 Å². The minimum Gasteiger partial charge on any atom is -0.208 e. The van der Waals surface area contributed by atoms with E-state index in [0.29, 0.717) is 4.90 Å². The quantitative estimate of drug-likeness (QED) is 0.848. The van der Waals surface area contributed by atoms with E-state index in [-0.39, 0.29) is 6.04 Å². The molecule has 2 rings (SSSR count). The number of halogens is 1. The van der Waals surface area contributed by atoms with Crippen molar-refractivity contribution in [2.75, 3.05) is 5.33 Å². The first kappa shape index (κ1) is 14.5. The fourth-order valence-corrected chi connectivity index (χ4v) is 4.18. The predicted molar refractivity (Wildman–Crippen MR) is 82.1 cm³/mol. The zero-order valence-electron chi connectivity index (χ0n) is 10.6. The van der Waals surface area contributed by atoms with Crippen LogP contribution in [0.4, 0.5) is 0 Å². The van der Waals surface area contributed by atoms with Crippen LogP contribution in [0.25, 0.3) is 10.8 Å².